The number of benzene rings is 1. The molecule has 0 saturated carbocycles. The van der Waals surface area contributed by atoms with Gasteiger partial charge in [-0.1, -0.05) is 44.5 Å². The molecule has 6 heteroatoms. The topological polar surface area (TPSA) is 52.7 Å². The molecule has 0 bridgehead atoms. The molecule has 2 aliphatic heterocycles. The first-order valence-corrected chi connectivity index (χ1v) is 13.7. The van der Waals surface area contributed by atoms with Crippen molar-refractivity contribution in [3.8, 4) is 0 Å². The summed E-state index contributed by atoms with van der Waals surface area (Å²) in [5.41, 5.74) is 1.51. The Bertz CT molecular complexity index is 964. The number of amides is 2. The molecule has 1 saturated heterocycles. The Morgan fingerprint density at radius 2 is 1.85 bits per heavy atom. The van der Waals surface area contributed by atoms with Crippen molar-refractivity contribution < 1.29 is 9.59 Å². The third kappa shape index (κ3) is 5.23. The lowest BCUT2D eigenvalue weighted by atomic mass is 9.81. The Morgan fingerprint density at radius 3 is 2.53 bits per heavy atom. The first-order chi connectivity index (χ1) is 16.4. The summed E-state index contributed by atoms with van der Waals surface area (Å²) in [6.07, 6.45) is 4.77. The average Bonchev–Trinajstić information content (AvgIpc) is 3.34. The summed E-state index contributed by atoms with van der Waals surface area (Å²) in [7, 11) is 0. The van der Waals surface area contributed by atoms with Crippen LogP contribution in [0.5, 0.6) is 0 Å². The van der Waals surface area contributed by atoms with Gasteiger partial charge in [-0.15, -0.1) is 11.3 Å². The summed E-state index contributed by atoms with van der Waals surface area (Å²) in [5.74, 6) is -0.0419. The molecule has 184 valence electrons. The third-order valence-electron chi connectivity index (χ3n) is 7.39. The average molecular weight is 482 g/mol. The molecule has 1 aromatic heterocycles. The van der Waals surface area contributed by atoms with Crippen LogP contribution in [-0.2, 0) is 4.79 Å². The molecule has 1 fully saturated rings. The highest BCUT2D eigenvalue weighted by molar-refractivity contribution is 7.10. The Hall–Kier alpha value is -2.18. The number of hydrogen-bond donors (Lipinski definition) is 1. The summed E-state index contributed by atoms with van der Waals surface area (Å²) in [5, 5.41) is 5.28. The maximum Gasteiger partial charge on any atom is 0.254 e. The summed E-state index contributed by atoms with van der Waals surface area (Å²) in [4.78, 5) is 32.8. The number of piperidine rings is 1. The van der Waals surface area contributed by atoms with Crippen molar-refractivity contribution in [2.45, 2.75) is 77.4 Å². The van der Waals surface area contributed by atoms with Crippen molar-refractivity contribution in [3.63, 3.8) is 0 Å². The van der Waals surface area contributed by atoms with Crippen molar-refractivity contribution in [2.24, 2.45) is 5.92 Å². The number of likely N-dealkylation sites (tertiary alicyclic amines) is 1. The molecular weight excluding hydrogens is 442 g/mol. The molecule has 0 spiro atoms. The molecular formula is C28H39N3O2S. The minimum Gasteiger partial charge on any atom is -0.355 e. The number of carbonyl (C=O) groups excluding carboxylic acids is 2. The van der Waals surface area contributed by atoms with Gasteiger partial charge in [-0.25, -0.2) is 0 Å². The van der Waals surface area contributed by atoms with E-state index in [9.17, 15) is 9.59 Å². The second kappa shape index (κ2) is 11.0. The Labute approximate surface area is 208 Å². The molecule has 5 nitrogen and oxygen atoms in total. The molecule has 1 aromatic carbocycles. The maximum absolute atomic E-state index is 13.7. The fourth-order valence-corrected chi connectivity index (χ4v) is 6.62. The second-order valence-corrected chi connectivity index (χ2v) is 11.4. The van der Waals surface area contributed by atoms with Gasteiger partial charge in [0, 0.05) is 42.2 Å². The fraction of sp³-hybridized carbons (Fsp3) is 0.571. The van der Waals surface area contributed by atoms with Crippen LogP contribution in [0.2, 0.25) is 0 Å². The highest BCUT2D eigenvalue weighted by Crippen LogP contribution is 2.44. The number of fused-ring (bicyclic) bond motifs is 1. The van der Waals surface area contributed by atoms with E-state index in [1.807, 2.05) is 40.6 Å². The molecule has 0 unspecified atom stereocenters. The van der Waals surface area contributed by atoms with E-state index in [4.69, 9.17) is 0 Å². The summed E-state index contributed by atoms with van der Waals surface area (Å²) in [6.45, 7) is 11.2. The Balaban J connectivity index is 1.54. The van der Waals surface area contributed by atoms with Gasteiger partial charge >= 0.3 is 0 Å². The van der Waals surface area contributed by atoms with E-state index in [0.717, 1.165) is 23.4 Å². The number of nitrogens with one attached hydrogen (secondary N) is 1. The lowest BCUT2D eigenvalue weighted by Gasteiger charge is -2.42. The number of carbonyl (C=O) groups is 2. The van der Waals surface area contributed by atoms with E-state index in [0.29, 0.717) is 36.7 Å². The van der Waals surface area contributed by atoms with Gasteiger partial charge in [0.1, 0.15) is 0 Å². The standard InChI is InChI=1S/C28H39N3O2S/c1-19(2)18-31-26(24-14-8-17-34-24)25(22-12-5-6-13-23(22)28(31)33)27(32)29-15-9-16-30-20(3)10-7-11-21(30)4/h5-6,8,12-14,17,19-21,25-26H,7,9-11,15-16,18H2,1-4H3,(H,29,32)/t20-,21+,25-,26-/m0/s1. The lowest BCUT2D eigenvalue weighted by Crippen LogP contribution is -2.48. The van der Waals surface area contributed by atoms with Gasteiger partial charge in [0.05, 0.1) is 12.0 Å². The highest BCUT2D eigenvalue weighted by atomic mass is 32.1. The summed E-state index contributed by atoms with van der Waals surface area (Å²) >= 11 is 1.63. The van der Waals surface area contributed by atoms with Crippen molar-refractivity contribution in [3.05, 3.63) is 57.8 Å². The molecule has 34 heavy (non-hydrogen) atoms. The monoisotopic (exact) mass is 481 g/mol. The zero-order chi connectivity index (χ0) is 24.2. The van der Waals surface area contributed by atoms with Gasteiger partial charge in [-0.3, -0.25) is 14.5 Å². The first-order valence-electron chi connectivity index (χ1n) is 12.8. The number of hydrogen-bond acceptors (Lipinski definition) is 4. The molecule has 3 heterocycles. The predicted molar refractivity (Wildman–Crippen MR) is 139 cm³/mol. The molecule has 2 amide bonds. The van der Waals surface area contributed by atoms with Crippen molar-refractivity contribution in [1.29, 1.82) is 0 Å². The van der Waals surface area contributed by atoms with Gasteiger partial charge in [-0.05, 0) is 62.1 Å². The molecule has 1 N–H and O–H groups in total. The molecule has 4 atom stereocenters. The minimum atomic E-state index is -0.404. The van der Waals surface area contributed by atoms with Gasteiger partial charge in [0.2, 0.25) is 5.91 Å². The Morgan fingerprint density at radius 1 is 1.12 bits per heavy atom. The zero-order valence-corrected chi connectivity index (χ0v) is 21.8. The maximum atomic E-state index is 13.7. The van der Waals surface area contributed by atoms with Crippen molar-refractivity contribution in [1.82, 2.24) is 15.1 Å². The van der Waals surface area contributed by atoms with Crippen LogP contribution in [0.4, 0.5) is 0 Å². The molecule has 0 radical (unpaired) electrons. The summed E-state index contributed by atoms with van der Waals surface area (Å²) in [6, 6.07) is 12.7. The lowest BCUT2D eigenvalue weighted by molar-refractivity contribution is -0.124. The van der Waals surface area contributed by atoms with Crippen LogP contribution in [0.25, 0.3) is 0 Å². The number of nitrogens with zero attached hydrogens (tertiary/aromatic N) is 2. The number of thiophene rings is 1. The van der Waals surface area contributed by atoms with E-state index in [2.05, 4.69) is 44.0 Å². The Kier molecular flexibility index (Phi) is 8.10. The van der Waals surface area contributed by atoms with E-state index in [1.54, 1.807) is 11.3 Å². The smallest absolute Gasteiger partial charge is 0.254 e. The summed E-state index contributed by atoms with van der Waals surface area (Å²) < 4.78 is 0. The number of rotatable bonds is 8. The molecule has 2 aliphatic rings. The minimum absolute atomic E-state index is 0.0202. The van der Waals surface area contributed by atoms with E-state index in [-0.39, 0.29) is 17.9 Å². The highest BCUT2D eigenvalue weighted by Gasteiger charge is 2.44. The largest absolute Gasteiger partial charge is 0.355 e. The third-order valence-corrected chi connectivity index (χ3v) is 8.33. The van der Waals surface area contributed by atoms with Crippen LogP contribution in [0.1, 0.15) is 86.1 Å². The van der Waals surface area contributed by atoms with Gasteiger partial charge in [0.25, 0.3) is 5.91 Å². The molecule has 4 rings (SSSR count). The van der Waals surface area contributed by atoms with Gasteiger partial charge < -0.3 is 10.2 Å². The van der Waals surface area contributed by atoms with Gasteiger partial charge in [0.15, 0.2) is 0 Å². The van der Waals surface area contributed by atoms with Crippen molar-refractivity contribution in [2.75, 3.05) is 19.6 Å². The van der Waals surface area contributed by atoms with E-state index < -0.39 is 5.92 Å². The second-order valence-electron chi connectivity index (χ2n) is 10.4. The van der Waals surface area contributed by atoms with Crippen LogP contribution in [0, 0.1) is 5.92 Å². The van der Waals surface area contributed by atoms with Gasteiger partial charge in [-0.2, -0.15) is 0 Å². The quantitative estimate of drug-likeness (QED) is 0.510. The van der Waals surface area contributed by atoms with Crippen LogP contribution in [0.3, 0.4) is 0 Å². The predicted octanol–water partition coefficient (Wildman–Crippen LogP) is 5.45. The van der Waals surface area contributed by atoms with Crippen LogP contribution >= 0.6 is 11.3 Å². The zero-order valence-electron chi connectivity index (χ0n) is 21.0. The normalized spacial score (nSPS) is 25.4. The molecule has 0 aliphatic carbocycles. The molecule has 2 aromatic rings. The van der Waals surface area contributed by atoms with Crippen LogP contribution in [-0.4, -0.2) is 53.3 Å². The van der Waals surface area contributed by atoms with E-state index in [1.165, 1.54) is 19.3 Å². The van der Waals surface area contributed by atoms with E-state index >= 15 is 0 Å². The SMILES string of the molecule is CC(C)CN1C(=O)c2ccccc2[C@H](C(=O)NCCCN2[C@H](C)CCC[C@@H]2C)[C@@H]1c1cccs1. The van der Waals surface area contributed by atoms with Crippen molar-refractivity contribution >= 4 is 23.2 Å². The van der Waals surface area contributed by atoms with Crippen LogP contribution < -0.4 is 5.32 Å². The fourth-order valence-electron chi connectivity index (χ4n) is 5.74. The van der Waals surface area contributed by atoms with Crippen LogP contribution in [0.15, 0.2) is 41.8 Å². The first kappa shape index (κ1) is 24.9.